The molecule has 5 rings (SSSR count). The molecule has 0 saturated heterocycles. The van der Waals surface area contributed by atoms with Crippen LogP contribution in [0.5, 0.6) is 11.5 Å². The van der Waals surface area contributed by atoms with E-state index in [-0.39, 0.29) is 11.5 Å². The number of hydrogen-bond acceptors (Lipinski definition) is 5. The van der Waals surface area contributed by atoms with Crippen molar-refractivity contribution in [3.05, 3.63) is 119 Å². The van der Waals surface area contributed by atoms with E-state index in [2.05, 4.69) is 41.5 Å². The Morgan fingerprint density at radius 2 is 1.79 bits per heavy atom. The fourth-order valence-corrected chi connectivity index (χ4v) is 5.62. The molecule has 0 radical (unpaired) electrons. The summed E-state index contributed by atoms with van der Waals surface area (Å²) in [5, 5.41) is 6.14. The van der Waals surface area contributed by atoms with Crippen molar-refractivity contribution in [3.8, 4) is 22.9 Å². The fourth-order valence-electron chi connectivity index (χ4n) is 4.60. The van der Waals surface area contributed by atoms with Gasteiger partial charge in [0.05, 0.1) is 37.8 Å². The van der Waals surface area contributed by atoms with E-state index in [1.165, 1.54) is 4.68 Å². The molecule has 9 heteroatoms. The lowest BCUT2D eigenvalue weighted by atomic mass is 9.96. The van der Waals surface area contributed by atoms with Gasteiger partial charge in [0.25, 0.3) is 5.56 Å². The Hall–Kier alpha value is -3.40. The van der Waals surface area contributed by atoms with Crippen LogP contribution in [0, 0.1) is 10.5 Å². The first-order valence-electron chi connectivity index (χ1n) is 13.3. The third kappa shape index (κ3) is 6.33. The number of rotatable bonds is 8. The van der Waals surface area contributed by atoms with Crippen LogP contribution in [-0.4, -0.2) is 23.0 Å². The molecule has 42 heavy (non-hydrogen) atoms. The second kappa shape index (κ2) is 12.9. The molecule has 0 unspecified atom stereocenters. The first-order chi connectivity index (χ1) is 20.2. The molecule has 0 aliphatic carbocycles. The highest BCUT2D eigenvalue weighted by molar-refractivity contribution is 14.1. The minimum absolute atomic E-state index is 0.211. The van der Waals surface area contributed by atoms with Crippen LogP contribution in [0.25, 0.3) is 22.3 Å². The largest absolute Gasteiger partial charge is 0.496 e. The van der Waals surface area contributed by atoms with Crippen LogP contribution in [0.3, 0.4) is 0 Å². The van der Waals surface area contributed by atoms with Crippen molar-refractivity contribution in [2.75, 3.05) is 7.11 Å². The molecule has 1 aromatic heterocycles. The zero-order chi connectivity index (χ0) is 30.0. The highest BCUT2D eigenvalue weighted by atomic mass is 127. The minimum atomic E-state index is -0.246. The van der Waals surface area contributed by atoms with E-state index >= 15 is 0 Å². The average Bonchev–Trinajstić information content (AvgIpc) is 2.97. The summed E-state index contributed by atoms with van der Waals surface area (Å²) < 4.78 is 13.9. The summed E-state index contributed by atoms with van der Waals surface area (Å²) in [4.78, 5) is 18.6. The number of para-hydroxylation sites is 1. The maximum atomic E-state index is 13.7. The summed E-state index contributed by atoms with van der Waals surface area (Å²) >= 11 is 14.4. The van der Waals surface area contributed by atoms with Crippen molar-refractivity contribution < 1.29 is 9.47 Å². The predicted octanol–water partition coefficient (Wildman–Crippen LogP) is 8.88. The van der Waals surface area contributed by atoms with Gasteiger partial charge in [0, 0.05) is 5.56 Å². The Morgan fingerprint density at radius 3 is 2.50 bits per heavy atom. The molecule has 5 aromatic rings. The normalized spacial score (nSPS) is 11.5. The number of benzene rings is 4. The van der Waals surface area contributed by atoms with E-state index in [1.807, 2.05) is 61.5 Å². The standard InChI is InChI=1S/C33H28Cl2IN3O3/c1-19(2)24-16-25(20(3)13-31(24)41-4)32-38-29-8-6-5-7-23(29)33(40)39(32)37-17-21-10-12-30(28(36)15-21)42-18-22-9-11-26(34)27(35)14-22/h5-17,19H,18H2,1-4H3. The minimum Gasteiger partial charge on any atom is -0.496 e. The van der Waals surface area contributed by atoms with Gasteiger partial charge in [0.2, 0.25) is 0 Å². The summed E-state index contributed by atoms with van der Waals surface area (Å²) in [5.74, 6) is 2.20. The van der Waals surface area contributed by atoms with Gasteiger partial charge in [0.15, 0.2) is 5.82 Å². The summed E-state index contributed by atoms with van der Waals surface area (Å²) in [6, 6.07) is 22.5. The molecule has 214 valence electrons. The van der Waals surface area contributed by atoms with Crippen molar-refractivity contribution in [1.29, 1.82) is 0 Å². The number of hydrogen-bond donors (Lipinski definition) is 0. The Morgan fingerprint density at radius 1 is 1.00 bits per heavy atom. The Labute approximate surface area is 268 Å². The summed E-state index contributed by atoms with van der Waals surface area (Å²) in [6.07, 6.45) is 1.66. The van der Waals surface area contributed by atoms with Crippen molar-refractivity contribution >= 4 is 62.9 Å². The number of ether oxygens (including phenoxy) is 2. The number of methoxy groups -OCH3 is 1. The van der Waals surface area contributed by atoms with Gasteiger partial charge >= 0.3 is 0 Å². The Kier molecular flexibility index (Phi) is 9.20. The van der Waals surface area contributed by atoms with E-state index in [0.29, 0.717) is 33.4 Å². The molecule has 0 aliphatic heterocycles. The van der Waals surface area contributed by atoms with Crippen molar-refractivity contribution in [3.63, 3.8) is 0 Å². The van der Waals surface area contributed by atoms with Crippen LogP contribution in [0.1, 0.15) is 42.0 Å². The smallest absolute Gasteiger partial charge is 0.282 e. The van der Waals surface area contributed by atoms with Crippen molar-refractivity contribution in [2.45, 2.75) is 33.3 Å². The molecule has 0 aliphatic rings. The highest BCUT2D eigenvalue weighted by Crippen LogP contribution is 2.34. The van der Waals surface area contributed by atoms with Gasteiger partial charge in [-0.05, 0) is 112 Å². The third-order valence-corrected chi connectivity index (χ3v) is 8.43. The van der Waals surface area contributed by atoms with Crippen molar-refractivity contribution in [1.82, 2.24) is 9.66 Å². The molecule has 0 atom stereocenters. The van der Waals surface area contributed by atoms with Gasteiger partial charge in [-0.2, -0.15) is 9.78 Å². The summed E-state index contributed by atoms with van der Waals surface area (Å²) in [7, 11) is 1.67. The van der Waals surface area contributed by atoms with Gasteiger partial charge in [-0.25, -0.2) is 4.98 Å². The molecule has 6 nitrogen and oxygen atoms in total. The van der Waals surface area contributed by atoms with Gasteiger partial charge in [0.1, 0.15) is 18.1 Å². The average molecular weight is 712 g/mol. The van der Waals surface area contributed by atoms with E-state index in [4.69, 9.17) is 37.7 Å². The van der Waals surface area contributed by atoms with Gasteiger partial charge in [-0.3, -0.25) is 4.79 Å². The molecule has 0 bridgehead atoms. The lowest BCUT2D eigenvalue weighted by Gasteiger charge is -2.17. The number of aryl methyl sites for hydroxylation is 1. The zero-order valence-electron chi connectivity index (χ0n) is 23.5. The third-order valence-electron chi connectivity index (χ3n) is 6.85. The molecule has 0 N–H and O–H groups in total. The van der Waals surface area contributed by atoms with Crippen LogP contribution < -0.4 is 15.0 Å². The van der Waals surface area contributed by atoms with Crippen LogP contribution in [0.4, 0.5) is 0 Å². The van der Waals surface area contributed by atoms with E-state index in [0.717, 1.165) is 42.9 Å². The number of halogens is 3. The molecule has 0 spiro atoms. The zero-order valence-corrected chi connectivity index (χ0v) is 27.2. The van der Waals surface area contributed by atoms with E-state index in [1.54, 1.807) is 31.5 Å². The lowest BCUT2D eigenvalue weighted by Crippen LogP contribution is -2.20. The predicted molar refractivity (Wildman–Crippen MR) is 180 cm³/mol. The first-order valence-corrected chi connectivity index (χ1v) is 15.1. The van der Waals surface area contributed by atoms with Crippen LogP contribution in [0.15, 0.2) is 82.7 Å². The quantitative estimate of drug-likeness (QED) is 0.119. The first kappa shape index (κ1) is 30.1. The van der Waals surface area contributed by atoms with E-state index < -0.39 is 0 Å². The van der Waals surface area contributed by atoms with Crippen LogP contribution >= 0.6 is 45.8 Å². The topological polar surface area (TPSA) is 65.7 Å². The fraction of sp³-hybridized carbons (Fsp3) is 0.182. The van der Waals surface area contributed by atoms with Gasteiger partial charge < -0.3 is 9.47 Å². The number of nitrogens with zero attached hydrogens (tertiary/aromatic N) is 3. The lowest BCUT2D eigenvalue weighted by molar-refractivity contribution is 0.304. The van der Waals surface area contributed by atoms with E-state index in [9.17, 15) is 4.79 Å². The second-order valence-electron chi connectivity index (χ2n) is 10.1. The summed E-state index contributed by atoms with van der Waals surface area (Å²) in [5.41, 5.74) is 4.87. The van der Waals surface area contributed by atoms with Crippen LogP contribution in [-0.2, 0) is 6.61 Å². The second-order valence-corrected chi connectivity index (χ2v) is 12.1. The maximum Gasteiger partial charge on any atom is 0.282 e. The van der Waals surface area contributed by atoms with Crippen LogP contribution in [0.2, 0.25) is 10.0 Å². The van der Waals surface area contributed by atoms with Gasteiger partial charge in [-0.1, -0.05) is 55.2 Å². The molecule has 0 saturated carbocycles. The Balaban J connectivity index is 1.52. The number of fused-ring (bicyclic) bond motifs is 1. The highest BCUT2D eigenvalue weighted by Gasteiger charge is 2.18. The SMILES string of the molecule is COc1cc(C)c(-c2nc3ccccc3c(=O)n2N=Cc2ccc(OCc3ccc(Cl)c(Cl)c3)c(I)c2)cc1C(C)C. The summed E-state index contributed by atoms with van der Waals surface area (Å²) in [6.45, 7) is 6.54. The number of aromatic nitrogens is 2. The Bertz CT molecular complexity index is 1890. The molecule has 0 amide bonds. The molecule has 0 fully saturated rings. The van der Waals surface area contributed by atoms with Crippen molar-refractivity contribution in [2.24, 2.45) is 5.10 Å². The van der Waals surface area contributed by atoms with Gasteiger partial charge in [-0.15, -0.1) is 0 Å². The monoisotopic (exact) mass is 711 g/mol. The maximum absolute atomic E-state index is 13.7. The molecule has 1 heterocycles. The molecule has 4 aromatic carbocycles. The molecular weight excluding hydrogens is 684 g/mol. The molecular formula is C33H28Cl2IN3O3.